The number of carbonyl (C=O) groups excluding carboxylic acids is 4. The number of piperidine rings is 1. The van der Waals surface area contributed by atoms with Gasteiger partial charge in [0.2, 0.25) is 18.0 Å². The summed E-state index contributed by atoms with van der Waals surface area (Å²) in [5.74, 6) is 2.66. The number of benzene rings is 3. The molecule has 7 atom stereocenters. The quantitative estimate of drug-likeness (QED) is 0.0930. The Balaban J connectivity index is 0.954. The summed E-state index contributed by atoms with van der Waals surface area (Å²) < 4.78 is 24.5. The van der Waals surface area contributed by atoms with Crippen molar-refractivity contribution < 1.29 is 38.1 Å². The fourth-order valence-corrected chi connectivity index (χ4v) is 10.4. The standard InChI is InChI=1S/C51H57N9O8/c1-26(2)43(56-50(63)66-6)47(61)58-17-9-12-38(58)45-52-25-36(54-45)29-13-15-34-40-21-31-18-28(14-16-37(31)60(40)49(68-42(34)23-29)30-10-8-11-33(19-30)65-5)35-24-53-46(55-35)41-22-32-20-39(32)59(41)48(62)44(27(3)4)57-51(64)67-7/h8,10-11,13-16,18-19,21,23-27,32,38-39,41,43-44,49H,9,12,17,20,22H2,1-7H3,(H,52,54)(H,53,55)(H,56,63)(H,57,64)/t32-,38+,39-,41+,43+,44+,49?/m1/s1. The van der Waals surface area contributed by atoms with Crippen molar-refractivity contribution in [2.75, 3.05) is 27.9 Å². The van der Waals surface area contributed by atoms with E-state index in [1.807, 2.05) is 75.2 Å². The average molecular weight is 924 g/mol. The lowest BCUT2D eigenvalue weighted by Gasteiger charge is -2.31. The van der Waals surface area contributed by atoms with Crippen LogP contribution in [0.4, 0.5) is 9.59 Å². The minimum atomic E-state index is -0.729. The van der Waals surface area contributed by atoms with Gasteiger partial charge >= 0.3 is 12.2 Å². The van der Waals surface area contributed by atoms with E-state index in [1.54, 1.807) is 18.2 Å². The Bertz CT molecular complexity index is 2920. The summed E-state index contributed by atoms with van der Waals surface area (Å²) in [7, 11) is 4.24. The van der Waals surface area contributed by atoms with E-state index in [9.17, 15) is 19.2 Å². The van der Waals surface area contributed by atoms with E-state index < -0.39 is 30.5 Å². The van der Waals surface area contributed by atoms with Crippen LogP contribution in [0.5, 0.6) is 11.5 Å². The lowest BCUT2D eigenvalue weighted by molar-refractivity contribution is -0.137. The number of ether oxygens (including phenoxy) is 4. The molecule has 3 aliphatic heterocycles. The molecule has 0 radical (unpaired) electrons. The lowest BCUT2D eigenvalue weighted by Crippen LogP contribution is -2.52. The summed E-state index contributed by atoms with van der Waals surface area (Å²) in [5.41, 5.74) is 7.22. The molecule has 68 heavy (non-hydrogen) atoms. The molecule has 3 aromatic heterocycles. The van der Waals surface area contributed by atoms with Crippen LogP contribution in [0.15, 0.2) is 79.1 Å². The number of carbonyl (C=O) groups is 4. The molecule has 0 spiro atoms. The highest BCUT2D eigenvalue weighted by molar-refractivity contribution is 5.93. The van der Waals surface area contributed by atoms with Crippen LogP contribution in [0.2, 0.25) is 0 Å². The Labute approximate surface area is 393 Å². The Morgan fingerprint density at radius 2 is 1.43 bits per heavy atom. The third kappa shape index (κ3) is 7.96. The zero-order valence-corrected chi connectivity index (χ0v) is 39.2. The van der Waals surface area contributed by atoms with E-state index in [4.69, 9.17) is 28.9 Å². The number of imidazole rings is 2. The summed E-state index contributed by atoms with van der Waals surface area (Å²) in [4.78, 5) is 72.6. The Hall–Kier alpha value is -7.30. The third-order valence-corrected chi connectivity index (χ3v) is 14.1. The molecule has 1 aliphatic carbocycles. The highest BCUT2D eigenvalue weighted by Crippen LogP contribution is 2.54. The molecule has 17 nitrogen and oxygen atoms in total. The van der Waals surface area contributed by atoms with E-state index >= 15 is 0 Å². The fraction of sp³-hybridized carbons (Fsp3) is 0.412. The molecule has 3 aromatic carbocycles. The van der Waals surface area contributed by atoms with Gasteiger partial charge in [-0.2, -0.15) is 0 Å². The number of H-pyrrole nitrogens is 2. The summed E-state index contributed by atoms with van der Waals surface area (Å²) in [5, 5.41) is 6.48. The van der Waals surface area contributed by atoms with Gasteiger partial charge in [0.1, 0.15) is 35.2 Å². The van der Waals surface area contributed by atoms with Gasteiger partial charge in [-0.3, -0.25) is 9.59 Å². The number of hydrogen-bond donors (Lipinski definition) is 4. The first-order chi connectivity index (χ1) is 32.8. The van der Waals surface area contributed by atoms with Crippen molar-refractivity contribution in [3.05, 3.63) is 96.3 Å². The lowest BCUT2D eigenvalue weighted by atomic mass is 10.0. The predicted molar refractivity (Wildman–Crippen MR) is 252 cm³/mol. The Kier molecular flexibility index (Phi) is 11.6. The van der Waals surface area contributed by atoms with Crippen LogP contribution in [0, 0.1) is 17.8 Å². The number of aromatic amines is 2. The largest absolute Gasteiger partial charge is 0.497 e. The number of amides is 4. The SMILES string of the molecule is COC(=O)N[C@H](C(=O)N1CCC[C@H]1c1ncc(-c2ccc3c(c2)OC(c2cccc(OC)c2)n2c-3cc3cc(-c4cnc([C@@H]5C[C@H]6C[C@H]6N5C(=O)[C@@H](NC(=O)OC)C(C)C)[nH]4)ccc32)[nH]1)C(C)C. The minimum Gasteiger partial charge on any atom is -0.497 e. The molecule has 6 heterocycles. The molecule has 354 valence electrons. The first kappa shape index (κ1) is 44.5. The number of aromatic nitrogens is 5. The van der Waals surface area contributed by atoms with Crippen LogP contribution in [-0.2, 0) is 19.1 Å². The maximum atomic E-state index is 14.0. The van der Waals surface area contributed by atoms with E-state index in [0.29, 0.717) is 29.8 Å². The first-order valence-corrected chi connectivity index (χ1v) is 23.4. The van der Waals surface area contributed by atoms with Crippen molar-refractivity contribution in [1.82, 2.24) is 44.9 Å². The molecular weight excluding hydrogens is 867 g/mol. The predicted octanol–water partition coefficient (Wildman–Crippen LogP) is 8.12. The fourth-order valence-electron chi connectivity index (χ4n) is 10.4. The zero-order chi connectivity index (χ0) is 47.5. The van der Waals surface area contributed by atoms with Gasteiger partial charge in [-0.25, -0.2) is 19.6 Å². The Morgan fingerprint density at radius 1 is 0.765 bits per heavy atom. The van der Waals surface area contributed by atoms with Crippen LogP contribution in [-0.4, -0.2) is 104 Å². The van der Waals surface area contributed by atoms with Gasteiger partial charge in [-0.1, -0.05) is 52.0 Å². The number of likely N-dealkylation sites (tertiary alicyclic amines) is 2. The number of methoxy groups -OCH3 is 3. The highest BCUT2D eigenvalue weighted by atomic mass is 16.5. The molecule has 4 amide bonds. The molecular formula is C51H57N9O8. The Morgan fingerprint density at radius 3 is 2.10 bits per heavy atom. The third-order valence-electron chi connectivity index (χ3n) is 14.1. The molecule has 17 heteroatoms. The summed E-state index contributed by atoms with van der Waals surface area (Å²) in [6.45, 7) is 8.19. The van der Waals surface area contributed by atoms with Gasteiger partial charge in [0.25, 0.3) is 0 Å². The maximum Gasteiger partial charge on any atom is 0.407 e. The molecule has 2 saturated heterocycles. The molecule has 4 aliphatic rings. The van der Waals surface area contributed by atoms with Gasteiger partial charge in [0.15, 0.2) is 0 Å². The van der Waals surface area contributed by atoms with Gasteiger partial charge in [-0.15, -0.1) is 0 Å². The number of nitrogens with one attached hydrogen (secondary N) is 4. The van der Waals surface area contributed by atoms with Gasteiger partial charge in [0.05, 0.1) is 68.4 Å². The minimum absolute atomic E-state index is 0.120. The average Bonchev–Trinajstić information content (AvgIpc) is 4.01. The van der Waals surface area contributed by atoms with Crippen molar-refractivity contribution in [2.24, 2.45) is 17.8 Å². The number of nitrogens with zero attached hydrogens (tertiary/aromatic N) is 5. The second-order valence-corrected chi connectivity index (χ2v) is 19.0. The monoisotopic (exact) mass is 923 g/mol. The number of rotatable bonds is 12. The molecule has 1 unspecified atom stereocenters. The van der Waals surface area contributed by atoms with E-state index in [-0.39, 0.29) is 41.8 Å². The van der Waals surface area contributed by atoms with Crippen LogP contribution in [0.1, 0.15) is 88.9 Å². The van der Waals surface area contributed by atoms with Crippen LogP contribution in [0.25, 0.3) is 44.7 Å². The summed E-state index contributed by atoms with van der Waals surface area (Å²) in [6.07, 6.45) is 5.13. The van der Waals surface area contributed by atoms with Crippen molar-refractivity contribution in [3.63, 3.8) is 0 Å². The second-order valence-electron chi connectivity index (χ2n) is 19.0. The summed E-state index contributed by atoms with van der Waals surface area (Å²) in [6, 6.07) is 20.8. The van der Waals surface area contributed by atoms with E-state index in [1.165, 1.54) is 14.2 Å². The molecule has 6 aromatic rings. The number of alkyl carbamates (subject to hydrolysis) is 2. The normalized spacial score (nSPS) is 21.2. The van der Waals surface area contributed by atoms with E-state index in [2.05, 4.69) is 55.5 Å². The topological polar surface area (TPSA) is 198 Å². The van der Waals surface area contributed by atoms with Crippen molar-refractivity contribution in [2.45, 2.75) is 89.8 Å². The molecule has 1 saturated carbocycles. The van der Waals surface area contributed by atoms with Gasteiger partial charge < -0.3 is 53.9 Å². The van der Waals surface area contributed by atoms with Gasteiger partial charge in [-0.05, 0) is 85.9 Å². The second kappa shape index (κ2) is 17.7. The zero-order valence-electron chi connectivity index (χ0n) is 39.2. The van der Waals surface area contributed by atoms with Crippen molar-refractivity contribution >= 4 is 34.9 Å². The molecule has 0 bridgehead atoms. The van der Waals surface area contributed by atoms with Crippen LogP contribution in [0.3, 0.4) is 0 Å². The van der Waals surface area contributed by atoms with Crippen LogP contribution < -0.4 is 20.1 Å². The molecule has 3 fully saturated rings. The summed E-state index contributed by atoms with van der Waals surface area (Å²) >= 11 is 0. The number of hydrogen-bond acceptors (Lipinski definition) is 10. The molecule has 4 N–H and O–H groups in total. The highest BCUT2D eigenvalue weighted by Gasteiger charge is 2.56. The first-order valence-electron chi connectivity index (χ1n) is 23.4. The molecule has 10 rings (SSSR count). The number of fused-ring (bicyclic) bond motifs is 6. The van der Waals surface area contributed by atoms with Crippen molar-refractivity contribution in [1.29, 1.82) is 0 Å². The van der Waals surface area contributed by atoms with Crippen LogP contribution >= 0.6 is 0 Å². The smallest absolute Gasteiger partial charge is 0.407 e. The van der Waals surface area contributed by atoms with E-state index in [0.717, 1.165) is 81.7 Å². The van der Waals surface area contributed by atoms with Gasteiger partial charge in [0, 0.05) is 40.2 Å². The maximum absolute atomic E-state index is 14.0. The van der Waals surface area contributed by atoms with Crippen molar-refractivity contribution in [3.8, 4) is 45.3 Å².